The van der Waals surface area contributed by atoms with Gasteiger partial charge in [0.1, 0.15) is 0 Å². The van der Waals surface area contributed by atoms with Crippen molar-refractivity contribution in [3.05, 3.63) is 0 Å². The van der Waals surface area contributed by atoms with Crippen molar-refractivity contribution < 1.29 is 0 Å². The molecule has 0 nitrogen and oxygen atoms in total. The summed E-state index contributed by atoms with van der Waals surface area (Å²) >= 11 is 0. The van der Waals surface area contributed by atoms with Crippen LogP contribution in [-0.2, 0) is 0 Å². The summed E-state index contributed by atoms with van der Waals surface area (Å²) in [6, 6.07) is 0. The first-order valence-electron chi connectivity index (χ1n) is 8.66. The van der Waals surface area contributed by atoms with Crippen LogP contribution >= 0.6 is 21.6 Å². The van der Waals surface area contributed by atoms with Crippen molar-refractivity contribution >= 4 is 21.6 Å². The van der Waals surface area contributed by atoms with Gasteiger partial charge < -0.3 is 0 Å². The lowest BCUT2D eigenvalue weighted by Gasteiger charge is -2.14. The van der Waals surface area contributed by atoms with E-state index in [0.29, 0.717) is 0 Å². The first-order chi connectivity index (χ1) is 9.41. The molecular weight excluding hydrogens is 280 g/mol. The fraction of sp³-hybridized carbons (Fsp3) is 1.00. The summed E-state index contributed by atoms with van der Waals surface area (Å²) in [5.41, 5.74) is 0. The van der Waals surface area contributed by atoms with Gasteiger partial charge in [-0.05, 0) is 36.5 Å². The number of hydrogen-bond donors (Lipinski definition) is 0. The van der Waals surface area contributed by atoms with Gasteiger partial charge >= 0.3 is 0 Å². The molecule has 0 aromatic heterocycles. The Hall–Kier alpha value is 0.700. The van der Waals surface area contributed by atoms with E-state index < -0.39 is 0 Å². The summed E-state index contributed by atoms with van der Waals surface area (Å²) in [5.74, 6) is 6.19. The van der Waals surface area contributed by atoms with Crippen LogP contribution in [-0.4, -0.2) is 11.5 Å². The quantitative estimate of drug-likeness (QED) is 0.258. The molecule has 0 bridgehead atoms. The molecule has 0 rings (SSSR count). The zero-order valence-electron chi connectivity index (χ0n) is 14.8. The Labute approximate surface area is 137 Å². The smallest absolute Gasteiger partial charge is 0.00626 e. The summed E-state index contributed by atoms with van der Waals surface area (Å²) in [7, 11) is 4.21. The van der Waals surface area contributed by atoms with Crippen molar-refractivity contribution in [1.82, 2.24) is 0 Å². The van der Waals surface area contributed by atoms with Crippen molar-refractivity contribution in [2.24, 2.45) is 23.7 Å². The minimum absolute atomic E-state index is 0.871. The Balaban J connectivity index is 3.36. The van der Waals surface area contributed by atoms with Gasteiger partial charge in [0.25, 0.3) is 0 Å². The van der Waals surface area contributed by atoms with Crippen molar-refractivity contribution in [2.75, 3.05) is 11.5 Å². The maximum atomic E-state index is 2.42. The molecule has 0 heterocycles. The molecule has 2 atom stereocenters. The molecule has 0 aromatic rings. The highest BCUT2D eigenvalue weighted by atomic mass is 33.1. The van der Waals surface area contributed by atoms with Gasteiger partial charge in [-0.1, -0.05) is 88.8 Å². The van der Waals surface area contributed by atoms with E-state index in [-0.39, 0.29) is 0 Å². The average Bonchev–Trinajstić information content (AvgIpc) is 2.33. The Bertz CT molecular complexity index is 180. The van der Waals surface area contributed by atoms with Crippen molar-refractivity contribution in [3.63, 3.8) is 0 Å². The monoisotopic (exact) mass is 318 g/mol. The average molecular weight is 319 g/mol. The standard InChI is InChI=1S/C18H38S2/c1-15(2)9-7-11-17(5)13-19-20-14-18(6)12-8-10-16(3)4/h15-18H,7-14H2,1-6H3. The van der Waals surface area contributed by atoms with E-state index in [0.717, 1.165) is 23.7 Å². The summed E-state index contributed by atoms with van der Waals surface area (Å²) in [6.07, 6.45) is 8.45. The highest BCUT2D eigenvalue weighted by Gasteiger charge is 2.06. The van der Waals surface area contributed by atoms with Crippen molar-refractivity contribution in [1.29, 1.82) is 0 Å². The Morgan fingerprint density at radius 3 is 1.20 bits per heavy atom. The topological polar surface area (TPSA) is 0 Å². The molecule has 0 saturated heterocycles. The van der Waals surface area contributed by atoms with Crippen LogP contribution in [0.15, 0.2) is 0 Å². The van der Waals surface area contributed by atoms with Gasteiger partial charge in [-0.3, -0.25) is 0 Å². The molecule has 0 aliphatic heterocycles. The van der Waals surface area contributed by atoms with Crippen LogP contribution in [0.1, 0.15) is 80.1 Å². The van der Waals surface area contributed by atoms with E-state index in [4.69, 9.17) is 0 Å². The zero-order chi connectivity index (χ0) is 15.4. The van der Waals surface area contributed by atoms with Gasteiger partial charge in [0.2, 0.25) is 0 Å². The van der Waals surface area contributed by atoms with E-state index in [1.54, 1.807) is 0 Å². The molecule has 0 aromatic carbocycles. The molecule has 0 radical (unpaired) electrons. The molecule has 0 fully saturated rings. The van der Waals surface area contributed by atoms with Crippen molar-refractivity contribution in [3.8, 4) is 0 Å². The van der Waals surface area contributed by atoms with Gasteiger partial charge in [-0.2, -0.15) is 0 Å². The van der Waals surface area contributed by atoms with E-state index >= 15 is 0 Å². The van der Waals surface area contributed by atoms with Crippen LogP contribution in [0.2, 0.25) is 0 Å². The normalized spacial score (nSPS) is 15.0. The SMILES string of the molecule is CC(C)CCCC(C)CSSCC(C)CCCC(C)C. The lowest BCUT2D eigenvalue weighted by Crippen LogP contribution is -2.01. The maximum Gasteiger partial charge on any atom is 0.00626 e. The van der Waals surface area contributed by atoms with Crippen molar-refractivity contribution in [2.45, 2.75) is 80.1 Å². The van der Waals surface area contributed by atoms with Gasteiger partial charge in [0.05, 0.1) is 0 Å². The van der Waals surface area contributed by atoms with Crippen LogP contribution in [0.25, 0.3) is 0 Å². The van der Waals surface area contributed by atoms with Gasteiger partial charge in [0.15, 0.2) is 0 Å². The minimum atomic E-state index is 0.871. The van der Waals surface area contributed by atoms with Gasteiger partial charge in [-0.15, -0.1) is 0 Å². The third-order valence-electron chi connectivity index (χ3n) is 3.75. The summed E-state index contributed by atoms with van der Waals surface area (Å²) in [5, 5.41) is 0. The fourth-order valence-electron chi connectivity index (χ4n) is 2.24. The molecule has 122 valence electrons. The second-order valence-corrected chi connectivity index (χ2v) is 9.98. The van der Waals surface area contributed by atoms with Crippen LogP contribution in [0.4, 0.5) is 0 Å². The van der Waals surface area contributed by atoms with Gasteiger partial charge in [-0.25, -0.2) is 0 Å². The molecule has 0 saturated carbocycles. The summed E-state index contributed by atoms with van der Waals surface area (Å²) in [6.45, 7) is 14.2. The Morgan fingerprint density at radius 2 is 0.900 bits per heavy atom. The molecule has 0 spiro atoms. The highest BCUT2D eigenvalue weighted by molar-refractivity contribution is 8.76. The van der Waals surface area contributed by atoms with Crippen LogP contribution < -0.4 is 0 Å². The predicted octanol–water partition coefficient (Wildman–Crippen LogP) is 7.29. The Morgan fingerprint density at radius 1 is 0.550 bits per heavy atom. The minimum Gasteiger partial charge on any atom is -0.0939 e. The molecule has 0 amide bonds. The lowest BCUT2D eigenvalue weighted by atomic mass is 10.0. The summed E-state index contributed by atoms with van der Waals surface area (Å²) in [4.78, 5) is 0. The van der Waals surface area contributed by atoms with E-state index in [2.05, 4.69) is 63.1 Å². The Kier molecular flexibility index (Phi) is 13.8. The summed E-state index contributed by atoms with van der Waals surface area (Å²) < 4.78 is 0. The first-order valence-corrected chi connectivity index (χ1v) is 11.1. The van der Waals surface area contributed by atoms with Crippen LogP contribution in [0.5, 0.6) is 0 Å². The third kappa shape index (κ3) is 15.1. The first kappa shape index (κ1) is 20.7. The molecule has 0 aliphatic carbocycles. The second-order valence-electron chi connectivity index (χ2n) is 7.43. The molecule has 2 unspecified atom stereocenters. The molecule has 0 N–H and O–H groups in total. The lowest BCUT2D eigenvalue weighted by molar-refractivity contribution is 0.484. The van der Waals surface area contributed by atoms with Crippen LogP contribution in [0, 0.1) is 23.7 Å². The molecule has 0 aliphatic rings. The maximum absolute atomic E-state index is 2.42. The highest BCUT2D eigenvalue weighted by Crippen LogP contribution is 2.29. The predicted molar refractivity (Wildman–Crippen MR) is 101 cm³/mol. The fourth-order valence-corrected chi connectivity index (χ4v) is 5.21. The largest absolute Gasteiger partial charge is 0.0939 e. The van der Waals surface area contributed by atoms with Gasteiger partial charge in [0, 0.05) is 11.5 Å². The number of hydrogen-bond acceptors (Lipinski definition) is 2. The van der Waals surface area contributed by atoms with E-state index in [1.807, 2.05) is 0 Å². The van der Waals surface area contributed by atoms with Crippen LogP contribution in [0.3, 0.4) is 0 Å². The molecule has 20 heavy (non-hydrogen) atoms. The van der Waals surface area contributed by atoms with E-state index in [1.165, 1.54) is 50.0 Å². The zero-order valence-corrected chi connectivity index (χ0v) is 16.4. The molecular formula is C18H38S2. The number of rotatable bonds is 13. The second kappa shape index (κ2) is 13.4. The third-order valence-corrected chi connectivity index (χ3v) is 6.64. The molecule has 2 heteroatoms. The van der Waals surface area contributed by atoms with E-state index in [9.17, 15) is 0 Å².